The molecule has 0 atom stereocenters. The van der Waals surface area contributed by atoms with E-state index in [-0.39, 0.29) is 17.1 Å². The van der Waals surface area contributed by atoms with Gasteiger partial charge < -0.3 is 20.6 Å². The van der Waals surface area contributed by atoms with E-state index in [4.69, 9.17) is 28.9 Å². The summed E-state index contributed by atoms with van der Waals surface area (Å²) in [4.78, 5) is 39.7. The number of H-pyrrole nitrogens is 1. The van der Waals surface area contributed by atoms with Crippen molar-refractivity contribution in [1.29, 1.82) is 0 Å². The normalized spacial score (nSPS) is 14.2. The van der Waals surface area contributed by atoms with Crippen molar-refractivity contribution in [3.05, 3.63) is 80.1 Å². The molecule has 188 valence electrons. The third-order valence-electron chi connectivity index (χ3n) is 6.03. The van der Waals surface area contributed by atoms with E-state index in [1.54, 1.807) is 42.7 Å². The molecule has 1 aliphatic heterocycles. The SMILES string of the molecule is NC(=N[N+](=O)[O-])NCCCn1cc(C2=C(c3c[nH]c4ccc(Cl)cc34)C(=O)NC2=O)c2cc(Cl)ccc21. The first-order valence-corrected chi connectivity index (χ1v) is 11.9. The van der Waals surface area contributed by atoms with Crippen LogP contribution in [-0.4, -0.2) is 38.9 Å². The molecular formula is C24H19Cl2N7O4. The summed E-state index contributed by atoms with van der Waals surface area (Å²) in [7, 11) is 0. The molecule has 0 saturated carbocycles. The molecule has 4 aromatic rings. The second kappa shape index (κ2) is 9.60. The number of hydrogen-bond acceptors (Lipinski definition) is 4. The van der Waals surface area contributed by atoms with Gasteiger partial charge in [-0.3, -0.25) is 14.9 Å². The van der Waals surface area contributed by atoms with E-state index in [1.165, 1.54) is 0 Å². The van der Waals surface area contributed by atoms with Crippen LogP contribution >= 0.6 is 23.2 Å². The zero-order valence-electron chi connectivity index (χ0n) is 19.0. The van der Waals surface area contributed by atoms with Gasteiger partial charge in [0.15, 0.2) is 5.03 Å². The van der Waals surface area contributed by atoms with Crippen LogP contribution in [0.1, 0.15) is 17.5 Å². The number of aromatic amines is 1. The fourth-order valence-electron chi connectivity index (χ4n) is 4.51. The lowest BCUT2D eigenvalue weighted by atomic mass is 9.95. The summed E-state index contributed by atoms with van der Waals surface area (Å²) < 4.78 is 1.93. The molecule has 37 heavy (non-hydrogen) atoms. The number of nitrogens with two attached hydrogens (primary N) is 1. The Morgan fingerprint density at radius 3 is 2.46 bits per heavy atom. The van der Waals surface area contributed by atoms with Crippen LogP contribution in [0.5, 0.6) is 0 Å². The monoisotopic (exact) mass is 539 g/mol. The molecule has 2 amide bonds. The van der Waals surface area contributed by atoms with Gasteiger partial charge in [0.2, 0.25) is 0 Å². The van der Waals surface area contributed by atoms with Crippen LogP contribution in [-0.2, 0) is 16.1 Å². The molecule has 2 aromatic carbocycles. The van der Waals surface area contributed by atoms with Gasteiger partial charge in [-0.1, -0.05) is 23.2 Å². The Balaban J connectivity index is 1.58. The van der Waals surface area contributed by atoms with Crippen LogP contribution in [0.25, 0.3) is 33.0 Å². The van der Waals surface area contributed by atoms with Crippen LogP contribution in [0.15, 0.2) is 53.9 Å². The molecule has 2 aromatic heterocycles. The molecule has 0 saturated heterocycles. The average molecular weight is 540 g/mol. The summed E-state index contributed by atoms with van der Waals surface area (Å²) in [6, 6.07) is 10.6. The number of aryl methyl sites for hydroxylation is 1. The molecule has 0 fully saturated rings. The number of hydrazone groups is 1. The van der Waals surface area contributed by atoms with Gasteiger partial charge in [0.1, 0.15) is 5.10 Å². The predicted octanol–water partition coefficient (Wildman–Crippen LogP) is 3.48. The number of carbonyl (C=O) groups is 2. The number of guanidine groups is 1. The molecule has 5 N–H and O–H groups in total. The van der Waals surface area contributed by atoms with Crippen molar-refractivity contribution >= 4 is 73.9 Å². The highest BCUT2D eigenvalue weighted by Gasteiger charge is 2.35. The maximum atomic E-state index is 13.1. The lowest BCUT2D eigenvalue weighted by Crippen LogP contribution is -2.33. The zero-order chi connectivity index (χ0) is 26.3. The predicted molar refractivity (Wildman–Crippen MR) is 141 cm³/mol. The van der Waals surface area contributed by atoms with E-state index in [0.29, 0.717) is 51.5 Å². The van der Waals surface area contributed by atoms with Crippen LogP contribution in [0.2, 0.25) is 10.0 Å². The van der Waals surface area contributed by atoms with Crippen LogP contribution < -0.4 is 16.4 Å². The first kappa shape index (κ1) is 24.3. The van der Waals surface area contributed by atoms with E-state index in [2.05, 4.69) is 20.7 Å². The molecule has 5 rings (SSSR count). The second-order valence-electron chi connectivity index (χ2n) is 8.33. The van der Waals surface area contributed by atoms with Crippen molar-refractivity contribution in [2.45, 2.75) is 13.0 Å². The van der Waals surface area contributed by atoms with Crippen LogP contribution in [0.4, 0.5) is 0 Å². The van der Waals surface area contributed by atoms with Crippen molar-refractivity contribution < 1.29 is 14.6 Å². The van der Waals surface area contributed by atoms with Crippen LogP contribution in [0.3, 0.4) is 0 Å². The molecular weight excluding hydrogens is 521 g/mol. The number of carbonyl (C=O) groups excluding carboxylic acids is 2. The van der Waals surface area contributed by atoms with Gasteiger partial charge in [-0.05, 0) is 42.8 Å². The Kier molecular flexibility index (Phi) is 6.32. The Morgan fingerprint density at radius 2 is 1.73 bits per heavy atom. The third-order valence-corrected chi connectivity index (χ3v) is 6.50. The minimum atomic E-state index is -0.876. The first-order valence-electron chi connectivity index (χ1n) is 11.1. The van der Waals surface area contributed by atoms with Crippen molar-refractivity contribution in [3.8, 4) is 0 Å². The maximum Gasteiger partial charge on any atom is 0.266 e. The molecule has 0 radical (unpaired) electrons. The summed E-state index contributed by atoms with van der Waals surface area (Å²) in [6.07, 6.45) is 4.02. The van der Waals surface area contributed by atoms with Crippen LogP contribution in [0, 0.1) is 10.1 Å². The molecule has 0 spiro atoms. The third kappa shape index (κ3) is 4.61. The van der Waals surface area contributed by atoms with E-state index in [9.17, 15) is 19.7 Å². The van der Waals surface area contributed by atoms with E-state index >= 15 is 0 Å². The number of aromatic nitrogens is 2. The minimum absolute atomic E-state index is 0.234. The number of hydrogen-bond donors (Lipinski definition) is 4. The number of benzene rings is 2. The molecule has 0 aliphatic carbocycles. The summed E-state index contributed by atoms with van der Waals surface area (Å²) in [5.74, 6) is -1.31. The van der Waals surface area contributed by atoms with Gasteiger partial charge in [-0.25, -0.2) is 10.1 Å². The Bertz CT molecular complexity index is 1670. The molecule has 13 heteroatoms. The first-order chi connectivity index (χ1) is 17.7. The highest BCUT2D eigenvalue weighted by molar-refractivity contribution is 6.51. The smallest absolute Gasteiger partial charge is 0.266 e. The number of rotatable bonds is 7. The number of nitrogens with zero attached hydrogens (tertiary/aromatic N) is 3. The van der Waals surface area contributed by atoms with Gasteiger partial charge >= 0.3 is 0 Å². The van der Waals surface area contributed by atoms with Crippen molar-refractivity contribution in [3.63, 3.8) is 0 Å². The lowest BCUT2D eigenvalue weighted by molar-refractivity contribution is -0.485. The van der Waals surface area contributed by atoms with Gasteiger partial charge in [-0.2, -0.15) is 0 Å². The molecule has 0 bridgehead atoms. The van der Waals surface area contributed by atoms with Gasteiger partial charge in [0, 0.05) is 68.5 Å². The quantitative estimate of drug-likeness (QED) is 0.0701. The number of nitro groups is 1. The summed E-state index contributed by atoms with van der Waals surface area (Å²) in [5.41, 5.74) is 8.62. The van der Waals surface area contributed by atoms with E-state index < -0.39 is 16.8 Å². The number of amides is 2. The fourth-order valence-corrected chi connectivity index (χ4v) is 4.86. The maximum absolute atomic E-state index is 13.1. The highest BCUT2D eigenvalue weighted by Crippen LogP contribution is 2.39. The zero-order valence-corrected chi connectivity index (χ0v) is 20.6. The number of nitrogens with one attached hydrogen (secondary N) is 3. The molecule has 0 unspecified atom stereocenters. The van der Waals surface area contributed by atoms with Crippen molar-refractivity contribution in [2.75, 3.05) is 6.54 Å². The fraction of sp³-hybridized carbons (Fsp3) is 0.125. The standard InChI is InChI=1S/C24H19Cl2N7O4/c25-12-2-4-18-14(8-12)16(10-29-18)20-21(23(35)30-22(20)34)17-11-32(19-5-3-13(26)9-15(17)19)7-1-6-28-24(27)31-33(36)37/h2-5,8-11,29H,1,6-7H2,(H3,27,28,31)(H,30,34,35). The Hall–Kier alpha value is -4.35. The summed E-state index contributed by atoms with van der Waals surface area (Å²) in [6.45, 7) is 0.812. The molecule has 3 heterocycles. The molecule has 1 aliphatic rings. The number of halogens is 2. The Labute approximate surface area is 219 Å². The Morgan fingerprint density at radius 1 is 1.05 bits per heavy atom. The summed E-state index contributed by atoms with van der Waals surface area (Å²) >= 11 is 12.5. The van der Waals surface area contributed by atoms with E-state index in [1.807, 2.05) is 10.6 Å². The highest BCUT2D eigenvalue weighted by atomic mass is 35.5. The minimum Gasteiger partial charge on any atom is -0.365 e. The van der Waals surface area contributed by atoms with Gasteiger partial charge in [-0.15, -0.1) is 0 Å². The van der Waals surface area contributed by atoms with Crippen molar-refractivity contribution in [2.24, 2.45) is 10.8 Å². The number of imide groups is 1. The largest absolute Gasteiger partial charge is 0.365 e. The topological polar surface area (TPSA) is 160 Å². The second-order valence-corrected chi connectivity index (χ2v) is 9.20. The van der Waals surface area contributed by atoms with E-state index in [0.717, 1.165) is 11.0 Å². The van der Waals surface area contributed by atoms with Crippen molar-refractivity contribution in [1.82, 2.24) is 20.2 Å². The summed E-state index contributed by atoms with van der Waals surface area (Å²) in [5, 5.41) is 20.0. The average Bonchev–Trinajstić information content (AvgIpc) is 3.48. The number of fused-ring (bicyclic) bond motifs is 2. The molecule has 11 nitrogen and oxygen atoms in total. The van der Waals surface area contributed by atoms with Gasteiger partial charge in [0.25, 0.3) is 17.8 Å². The lowest BCUT2D eigenvalue weighted by Gasteiger charge is -2.06. The van der Waals surface area contributed by atoms with Gasteiger partial charge in [0.05, 0.1) is 11.1 Å².